The molecule has 2 heterocycles. The molecule has 0 radical (unpaired) electrons. The number of hydrogen-bond donors (Lipinski definition) is 1. The van der Waals surface area contributed by atoms with Crippen LogP contribution < -0.4 is 24.3 Å². The minimum absolute atomic E-state index is 0.165. The second-order valence-electron chi connectivity index (χ2n) is 9.57. The predicted molar refractivity (Wildman–Crippen MR) is 156 cm³/mol. The van der Waals surface area contributed by atoms with E-state index < -0.39 is 0 Å². The number of fused-ring (bicyclic) bond motifs is 3. The number of rotatable bonds is 4. The highest BCUT2D eigenvalue weighted by Gasteiger charge is 2.18. The van der Waals surface area contributed by atoms with Crippen molar-refractivity contribution in [3.05, 3.63) is 77.3 Å². The van der Waals surface area contributed by atoms with Crippen LogP contribution in [0.3, 0.4) is 0 Å². The van der Waals surface area contributed by atoms with Crippen LogP contribution in [0.5, 0.6) is 28.9 Å². The molecule has 1 N–H and O–H groups in total. The second-order valence-corrected chi connectivity index (χ2v) is 10.0. The first kappa shape index (κ1) is 27.6. The number of halogens is 1. The van der Waals surface area contributed by atoms with Crippen LogP contribution in [0.1, 0.15) is 24.8 Å². The Morgan fingerprint density at radius 1 is 0.950 bits per heavy atom. The minimum Gasteiger partial charge on any atom is -0.497 e. The Morgan fingerprint density at radius 2 is 1.80 bits per heavy atom. The Morgan fingerprint density at radius 3 is 2.62 bits per heavy atom. The van der Waals surface area contributed by atoms with Gasteiger partial charge in [-0.05, 0) is 80.4 Å². The van der Waals surface area contributed by atoms with E-state index in [0.717, 1.165) is 41.5 Å². The fourth-order valence-electron chi connectivity index (χ4n) is 4.70. The van der Waals surface area contributed by atoms with Gasteiger partial charge >= 0.3 is 0 Å². The number of para-hydroxylation sites is 2. The summed E-state index contributed by atoms with van der Waals surface area (Å²) in [6, 6.07) is 20.4. The summed E-state index contributed by atoms with van der Waals surface area (Å²) in [4.78, 5) is 20.1. The van der Waals surface area contributed by atoms with Gasteiger partial charge < -0.3 is 24.3 Å². The first-order chi connectivity index (χ1) is 19.5. The number of methoxy groups -OCH3 is 2. The van der Waals surface area contributed by atoms with Gasteiger partial charge in [0.15, 0.2) is 17.2 Å². The molecular weight excluding hydrogens is 530 g/mol. The molecule has 9 heteroatoms. The fourth-order valence-corrected chi connectivity index (χ4v) is 4.87. The number of anilines is 1. The summed E-state index contributed by atoms with van der Waals surface area (Å²) in [7, 11) is 3.25. The van der Waals surface area contributed by atoms with Crippen LogP contribution in [0, 0.1) is 0 Å². The number of carbonyl (C=O) groups is 1. The Hall–Kier alpha value is -4.01. The number of nitrogens with one attached hydrogen (secondary N) is 1. The SMILES string of the molecule is COc1ccc2nc(OC)c(CN3CCCCCOc4ccccc4Oc4ccc(Cl)cc4NC(=O)C3)cc2c1. The molecule has 1 aliphatic rings. The van der Waals surface area contributed by atoms with Gasteiger partial charge in [-0.25, -0.2) is 4.98 Å². The van der Waals surface area contributed by atoms with Crippen molar-refractivity contribution < 1.29 is 23.7 Å². The molecule has 0 saturated heterocycles. The van der Waals surface area contributed by atoms with E-state index in [1.807, 2.05) is 48.5 Å². The van der Waals surface area contributed by atoms with E-state index in [1.165, 1.54) is 0 Å². The van der Waals surface area contributed by atoms with Crippen molar-refractivity contribution in [1.82, 2.24) is 9.88 Å². The standard InChI is InChI=1S/C31H32ClN3O5/c1-37-24-11-12-25-21(17-24)16-22(31(34-25)38-2)19-35-14-6-3-7-15-39-28-8-4-5-9-29(28)40-27-13-10-23(32)18-26(27)33-30(36)20-35/h4-5,8-13,16-18H,3,6-7,14-15,19-20H2,1-2H3,(H,33,36). The number of nitrogens with zero attached hydrogens (tertiary/aromatic N) is 2. The van der Waals surface area contributed by atoms with E-state index in [4.69, 9.17) is 35.5 Å². The average Bonchev–Trinajstić information content (AvgIpc) is 2.96. The number of pyridine rings is 1. The van der Waals surface area contributed by atoms with Gasteiger partial charge in [-0.1, -0.05) is 23.7 Å². The van der Waals surface area contributed by atoms with Gasteiger partial charge in [0.1, 0.15) is 5.75 Å². The molecule has 0 saturated carbocycles. The van der Waals surface area contributed by atoms with Crippen LogP contribution >= 0.6 is 11.6 Å². The third-order valence-electron chi connectivity index (χ3n) is 6.68. The van der Waals surface area contributed by atoms with Crippen LogP contribution in [-0.2, 0) is 11.3 Å². The van der Waals surface area contributed by atoms with Crippen LogP contribution in [0.15, 0.2) is 66.7 Å². The van der Waals surface area contributed by atoms with Crippen molar-refractivity contribution in [2.45, 2.75) is 25.8 Å². The molecule has 0 atom stereocenters. The summed E-state index contributed by atoms with van der Waals surface area (Å²) in [5.41, 5.74) is 2.18. The number of hydrogen-bond acceptors (Lipinski definition) is 7. The maximum Gasteiger partial charge on any atom is 0.238 e. The van der Waals surface area contributed by atoms with Crippen molar-refractivity contribution in [3.8, 4) is 28.9 Å². The highest BCUT2D eigenvalue weighted by atomic mass is 35.5. The van der Waals surface area contributed by atoms with E-state index in [-0.39, 0.29) is 12.5 Å². The molecule has 8 nitrogen and oxygen atoms in total. The van der Waals surface area contributed by atoms with E-state index in [0.29, 0.717) is 53.5 Å². The van der Waals surface area contributed by atoms with E-state index in [1.54, 1.807) is 32.4 Å². The van der Waals surface area contributed by atoms with Gasteiger partial charge in [-0.3, -0.25) is 9.69 Å². The zero-order chi connectivity index (χ0) is 27.9. The highest BCUT2D eigenvalue weighted by molar-refractivity contribution is 6.31. The van der Waals surface area contributed by atoms with Crippen LogP contribution in [0.25, 0.3) is 10.9 Å². The number of amides is 1. The average molecular weight is 562 g/mol. The number of benzene rings is 3. The van der Waals surface area contributed by atoms with Crippen molar-refractivity contribution in [1.29, 1.82) is 0 Å². The Balaban J connectivity index is 1.42. The zero-order valence-corrected chi connectivity index (χ0v) is 23.4. The van der Waals surface area contributed by atoms with Crippen molar-refractivity contribution >= 4 is 34.1 Å². The molecule has 3 aromatic carbocycles. The van der Waals surface area contributed by atoms with Gasteiger partial charge in [0.2, 0.25) is 11.8 Å². The lowest BCUT2D eigenvalue weighted by Crippen LogP contribution is -2.34. The lowest BCUT2D eigenvalue weighted by Gasteiger charge is -2.23. The normalized spacial score (nSPS) is 14.9. The largest absolute Gasteiger partial charge is 0.497 e. The molecule has 0 bridgehead atoms. The molecule has 0 fully saturated rings. The Bertz CT molecular complexity index is 1500. The van der Waals surface area contributed by atoms with Gasteiger partial charge in [0.25, 0.3) is 0 Å². The maximum absolute atomic E-state index is 13.4. The topological polar surface area (TPSA) is 82.2 Å². The van der Waals surface area contributed by atoms with E-state index >= 15 is 0 Å². The van der Waals surface area contributed by atoms with Gasteiger partial charge in [-0.15, -0.1) is 0 Å². The molecule has 5 rings (SSSR count). The third kappa shape index (κ3) is 6.76. The van der Waals surface area contributed by atoms with Crippen molar-refractivity contribution in [2.75, 3.05) is 39.2 Å². The van der Waals surface area contributed by atoms with Crippen LogP contribution in [0.2, 0.25) is 5.02 Å². The summed E-state index contributed by atoms with van der Waals surface area (Å²) in [5.74, 6) is 2.81. The molecule has 4 aromatic rings. The monoisotopic (exact) mass is 561 g/mol. The van der Waals surface area contributed by atoms with E-state index in [2.05, 4.69) is 10.2 Å². The number of carbonyl (C=O) groups excluding carboxylic acids is 1. The van der Waals surface area contributed by atoms with Crippen molar-refractivity contribution in [3.63, 3.8) is 0 Å². The maximum atomic E-state index is 13.4. The summed E-state index contributed by atoms with van der Waals surface area (Å²) < 4.78 is 23.3. The molecule has 0 spiro atoms. The molecule has 208 valence electrons. The van der Waals surface area contributed by atoms with Crippen LogP contribution in [0.4, 0.5) is 5.69 Å². The number of aromatic nitrogens is 1. The minimum atomic E-state index is -0.180. The van der Waals surface area contributed by atoms with Gasteiger partial charge in [-0.2, -0.15) is 0 Å². The molecule has 1 amide bonds. The quantitative estimate of drug-likeness (QED) is 0.297. The highest BCUT2D eigenvalue weighted by Crippen LogP contribution is 2.37. The summed E-state index contributed by atoms with van der Waals surface area (Å²) in [5, 5.41) is 4.43. The second kappa shape index (κ2) is 12.9. The summed E-state index contributed by atoms with van der Waals surface area (Å²) >= 11 is 6.29. The molecular formula is C31H32ClN3O5. The smallest absolute Gasteiger partial charge is 0.238 e. The first-order valence-corrected chi connectivity index (χ1v) is 13.6. The third-order valence-corrected chi connectivity index (χ3v) is 6.91. The number of ether oxygens (including phenoxy) is 4. The fraction of sp³-hybridized carbons (Fsp3) is 0.290. The molecule has 0 unspecified atom stereocenters. The van der Waals surface area contributed by atoms with Crippen molar-refractivity contribution in [2.24, 2.45) is 0 Å². The van der Waals surface area contributed by atoms with Crippen LogP contribution in [-0.4, -0.2) is 49.7 Å². The lowest BCUT2D eigenvalue weighted by atomic mass is 10.1. The summed E-state index contributed by atoms with van der Waals surface area (Å²) in [6.07, 6.45) is 2.72. The Labute approximate surface area is 238 Å². The molecule has 40 heavy (non-hydrogen) atoms. The predicted octanol–water partition coefficient (Wildman–Crippen LogP) is 6.70. The van der Waals surface area contributed by atoms with E-state index in [9.17, 15) is 4.79 Å². The lowest BCUT2D eigenvalue weighted by molar-refractivity contribution is -0.117. The Kier molecular flexibility index (Phi) is 8.88. The molecule has 1 aliphatic heterocycles. The van der Waals surface area contributed by atoms with Gasteiger partial charge in [0, 0.05) is 22.5 Å². The summed E-state index contributed by atoms with van der Waals surface area (Å²) in [6.45, 7) is 1.92. The zero-order valence-electron chi connectivity index (χ0n) is 22.6. The first-order valence-electron chi connectivity index (χ1n) is 13.3. The van der Waals surface area contributed by atoms with Gasteiger partial charge in [0.05, 0.1) is 38.6 Å². The molecule has 0 aliphatic carbocycles. The molecule has 1 aromatic heterocycles.